The van der Waals surface area contributed by atoms with Gasteiger partial charge in [-0.2, -0.15) is 5.10 Å². The lowest BCUT2D eigenvalue weighted by atomic mass is 10.0. The third-order valence-corrected chi connectivity index (χ3v) is 4.82. The van der Waals surface area contributed by atoms with E-state index >= 15 is 0 Å². The summed E-state index contributed by atoms with van der Waals surface area (Å²) in [7, 11) is 1.59. The van der Waals surface area contributed by atoms with Crippen molar-refractivity contribution in [2.75, 3.05) is 7.11 Å². The van der Waals surface area contributed by atoms with E-state index < -0.39 is 6.04 Å². The number of amides is 1. The van der Waals surface area contributed by atoms with Gasteiger partial charge in [0.1, 0.15) is 11.8 Å². The van der Waals surface area contributed by atoms with Crippen LogP contribution in [0.4, 0.5) is 0 Å². The van der Waals surface area contributed by atoms with Gasteiger partial charge in [0.25, 0.3) is 5.91 Å². The number of hydrazone groups is 1. The maximum absolute atomic E-state index is 12.3. The molecule has 26 heavy (non-hydrogen) atoms. The van der Waals surface area contributed by atoms with Crippen molar-refractivity contribution in [2.24, 2.45) is 5.10 Å². The molecule has 3 rings (SSSR count). The van der Waals surface area contributed by atoms with Gasteiger partial charge in [-0.3, -0.25) is 4.79 Å². The number of nitrogens with one attached hydrogen (secondary N) is 3. The first-order chi connectivity index (χ1) is 12.6. The summed E-state index contributed by atoms with van der Waals surface area (Å²) in [6.07, 6.45) is 2.11. The molecular formula is C18H18Cl2N4O2. The molecule has 6 nitrogen and oxygen atoms in total. The standard InChI is InChI=1S/C18H18Cl2N4O2/c1-26-17-5-3-2-4-12(17)10-21-24-18(25)16-9-15(22-23-16)11-6-7-13(19)14(20)8-11/h2-8,10,15-16,22-23H,9H2,1H3,(H,24,25)/b21-10+. The summed E-state index contributed by atoms with van der Waals surface area (Å²) in [6, 6.07) is 12.4. The molecular weight excluding hydrogens is 375 g/mol. The van der Waals surface area contributed by atoms with Crippen LogP contribution < -0.4 is 21.0 Å². The Balaban J connectivity index is 1.57. The smallest absolute Gasteiger partial charge is 0.258 e. The van der Waals surface area contributed by atoms with Gasteiger partial charge in [-0.15, -0.1) is 0 Å². The minimum Gasteiger partial charge on any atom is -0.496 e. The van der Waals surface area contributed by atoms with E-state index in [1.165, 1.54) is 0 Å². The molecule has 1 saturated heterocycles. The fourth-order valence-electron chi connectivity index (χ4n) is 2.69. The van der Waals surface area contributed by atoms with Crippen molar-refractivity contribution < 1.29 is 9.53 Å². The quantitative estimate of drug-likeness (QED) is 0.539. The van der Waals surface area contributed by atoms with Crippen molar-refractivity contribution in [3.63, 3.8) is 0 Å². The predicted molar refractivity (Wildman–Crippen MR) is 103 cm³/mol. The van der Waals surface area contributed by atoms with E-state index in [0.717, 1.165) is 11.1 Å². The predicted octanol–water partition coefficient (Wildman–Crippen LogP) is 3.06. The van der Waals surface area contributed by atoms with Crippen LogP contribution in [0.1, 0.15) is 23.6 Å². The molecule has 3 N–H and O–H groups in total. The molecule has 0 aromatic heterocycles. The molecule has 0 saturated carbocycles. The molecule has 0 spiro atoms. The minimum atomic E-state index is -0.413. The van der Waals surface area contributed by atoms with Gasteiger partial charge in [-0.05, 0) is 36.2 Å². The third kappa shape index (κ3) is 4.34. The number of hydrogen-bond acceptors (Lipinski definition) is 5. The number of nitrogens with zero attached hydrogens (tertiary/aromatic N) is 1. The second-order valence-electron chi connectivity index (χ2n) is 5.78. The van der Waals surface area contributed by atoms with Crippen LogP contribution in [0.15, 0.2) is 47.6 Å². The summed E-state index contributed by atoms with van der Waals surface area (Å²) >= 11 is 12.0. The average molecular weight is 393 g/mol. The molecule has 136 valence electrons. The molecule has 0 aliphatic carbocycles. The lowest BCUT2D eigenvalue weighted by molar-refractivity contribution is -0.122. The number of carbonyl (C=O) groups is 1. The number of para-hydroxylation sites is 1. The molecule has 1 amide bonds. The fraction of sp³-hybridized carbons (Fsp3) is 0.222. The lowest BCUT2D eigenvalue weighted by Crippen LogP contribution is -2.41. The van der Waals surface area contributed by atoms with Crippen molar-refractivity contribution >= 4 is 35.3 Å². The number of methoxy groups -OCH3 is 1. The average Bonchev–Trinajstić information content (AvgIpc) is 3.14. The second kappa shape index (κ2) is 8.51. The van der Waals surface area contributed by atoms with E-state index in [1.54, 1.807) is 25.5 Å². The Morgan fingerprint density at radius 2 is 2.04 bits per heavy atom. The number of carbonyl (C=O) groups excluding carboxylic acids is 1. The molecule has 0 radical (unpaired) electrons. The third-order valence-electron chi connectivity index (χ3n) is 4.08. The van der Waals surface area contributed by atoms with E-state index in [4.69, 9.17) is 27.9 Å². The van der Waals surface area contributed by atoms with Gasteiger partial charge in [0.05, 0.1) is 23.4 Å². The topological polar surface area (TPSA) is 74.8 Å². The number of hydrazine groups is 1. The number of halogens is 2. The Kier molecular flexibility index (Phi) is 6.11. The van der Waals surface area contributed by atoms with Gasteiger partial charge < -0.3 is 4.74 Å². The van der Waals surface area contributed by atoms with Gasteiger partial charge in [0.2, 0.25) is 0 Å². The zero-order valence-corrected chi connectivity index (χ0v) is 15.5. The van der Waals surface area contributed by atoms with Crippen LogP contribution in [0.2, 0.25) is 10.0 Å². The highest BCUT2D eigenvalue weighted by Gasteiger charge is 2.30. The Morgan fingerprint density at radius 1 is 1.23 bits per heavy atom. The van der Waals surface area contributed by atoms with E-state index in [0.29, 0.717) is 22.2 Å². The van der Waals surface area contributed by atoms with Crippen LogP contribution in [-0.4, -0.2) is 25.3 Å². The van der Waals surface area contributed by atoms with Crippen molar-refractivity contribution in [2.45, 2.75) is 18.5 Å². The molecule has 0 bridgehead atoms. The van der Waals surface area contributed by atoms with Gasteiger partial charge in [-0.25, -0.2) is 16.3 Å². The second-order valence-corrected chi connectivity index (χ2v) is 6.59. The fourth-order valence-corrected chi connectivity index (χ4v) is 3.00. The molecule has 1 aliphatic rings. The first kappa shape index (κ1) is 18.7. The number of benzene rings is 2. The van der Waals surface area contributed by atoms with Gasteiger partial charge in [-0.1, -0.05) is 41.4 Å². The highest BCUT2D eigenvalue weighted by molar-refractivity contribution is 6.42. The van der Waals surface area contributed by atoms with Crippen molar-refractivity contribution in [3.8, 4) is 5.75 Å². The summed E-state index contributed by atoms with van der Waals surface area (Å²) in [5, 5.41) is 4.99. The van der Waals surface area contributed by atoms with Crippen LogP contribution >= 0.6 is 23.2 Å². The maximum Gasteiger partial charge on any atom is 0.258 e. The van der Waals surface area contributed by atoms with E-state index in [1.807, 2.05) is 30.3 Å². The molecule has 1 aliphatic heterocycles. The van der Waals surface area contributed by atoms with E-state index in [2.05, 4.69) is 21.4 Å². The van der Waals surface area contributed by atoms with Gasteiger partial charge >= 0.3 is 0 Å². The zero-order chi connectivity index (χ0) is 18.5. The Hall–Kier alpha value is -2.12. The van der Waals surface area contributed by atoms with Gasteiger partial charge in [0.15, 0.2) is 0 Å². The molecule has 8 heteroatoms. The summed E-state index contributed by atoms with van der Waals surface area (Å²) in [6.45, 7) is 0. The molecule has 2 aromatic carbocycles. The Labute approximate surface area is 161 Å². The normalized spacial score (nSPS) is 19.7. The van der Waals surface area contributed by atoms with Gasteiger partial charge in [0, 0.05) is 11.6 Å². The molecule has 1 fully saturated rings. The van der Waals surface area contributed by atoms with Crippen LogP contribution in [-0.2, 0) is 4.79 Å². The Bertz CT molecular complexity index is 829. The highest BCUT2D eigenvalue weighted by atomic mass is 35.5. The number of ether oxygens (including phenoxy) is 1. The van der Waals surface area contributed by atoms with Crippen LogP contribution in [0, 0.1) is 0 Å². The first-order valence-electron chi connectivity index (χ1n) is 8.00. The lowest BCUT2D eigenvalue weighted by Gasteiger charge is -2.10. The largest absolute Gasteiger partial charge is 0.496 e. The highest BCUT2D eigenvalue weighted by Crippen LogP contribution is 2.29. The van der Waals surface area contributed by atoms with E-state index in [-0.39, 0.29) is 11.9 Å². The molecule has 2 unspecified atom stereocenters. The summed E-state index contributed by atoms with van der Waals surface area (Å²) in [5.74, 6) is 0.456. The number of hydrogen-bond donors (Lipinski definition) is 3. The van der Waals surface area contributed by atoms with Crippen molar-refractivity contribution in [1.82, 2.24) is 16.3 Å². The number of rotatable bonds is 5. The summed E-state index contributed by atoms with van der Waals surface area (Å²) in [4.78, 5) is 12.3. The van der Waals surface area contributed by atoms with Crippen LogP contribution in [0.3, 0.4) is 0 Å². The monoisotopic (exact) mass is 392 g/mol. The SMILES string of the molecule is COc1ccccc1/C=N/NC(=O)C1CC(c2ccc(Cl)c(Cl)c2)NN1. The molecule has 2 atom stereocenters. The first-order valence-corrected chi connectivity index (χ1v) is 8.76. The van der Waals surface area contributed by atoms with Crippen LogP contribution in [0.25, 0.3) is 0 Å². The van der Waals surface area contributed by atoms with Crippen LogP contribution in [0.5, 0.6) is 5.75 Å². The molecule has 2 aromatic rings. The Morgan fingerprint density at radius 3 is 2.81 bits per heavy atom. The zero-order valence-electron chi connectivity index (χ0n) is 14.0. The molecule has 1 heterocycles. The summed E-state index contributed by atoms with van der Waals surface area (Å²) < 4.78 is 5.24. The van der Waals surface area contributed by atoms with Crippen molar-refractivity contribution in [3.05, 3.63) is 63.6 Å². The summed E-state index contributed by atoms with van der Waals surface area (Å²) in [5.41, 5.74) is 10.3. The maximum atomic E-state index is 12.3. The van der Waals surface area contributed by atoms with Crippen molar-refractivity contribution in [1.29, 1.82) is 0 Å². The van der Waals surface area contributed by atoms with E-state index in [9.17, 15) is 4.79 Å². The minimum absolute atomic E-state index is 0.0429.